The molecule has 0 aliphatic carbocycles. The first-order valence-electron chi connectivity index (χ1n) is 7.33. The van der Waals surface area contributed by atoms with Crippen molar-refractivity contribution < 1.29 is 9.53 Å². The number of carbonyl (C=O) groups is 1. The SMILES string of the molecule is CC1Cc2cc(CCBr)ccc2N1C(=O)C1CCCO1. The lowest BCUT2D eigenvalue weighted by molar-refractivity contribution is -0.127. The van der Waals surface area contributed by atoms with Crippen LogP contribution in [0.25, 0.3) is 0 Å². The molecule has 2 atom stereocenters. The molecule has 1 amide bonds. The first-order valence-corrected chi connectivity index (χ1v) is 8.45. The lowest BCUT2D eigenvalue weighted by Gasteiger charge is -2.25. The Kier molecular flexibility index (Phi) is 4.13. The van der Waals surface area contributed by atoms with Gasteiger partial charge in [-0.1, -0.05) is 28.1 Å². The van der Waals surface area contributed by atoms with Crippen LogP contribution in [0, 0.1) is 0 Å². The van der Waals surface area contributed by atoms with Crippen LogP contribution >= 0.6 is 15.9 Å². The number of carbonyl (C=O) groups excluding carboxylic acids is 1. The maximum absolute atomic E-state index is 12.6. The van der Waals surface area contributed by atoms with Crippen LogP contribution in [0.1, 0.15) is 30.9 Å². The van der Waals surface area contributed by atoms with Gasteiger partial charge in [0.1, 0.15) is 6.10 Å². The molecule has 3 rings (SSSR count). The summed E-state index contributed by atoms with van der Waals surface area (Å²) in [5, 5.41) is 0.972. The van der Waals surface area contributed by atoms with Gasteiger partial charge in [0.15, 0.2) is 0 Å². The van der Waals surface area contributed by atoms with E-state index in [2.05, 4.69) is 41.1 Å². The molecule has 1 saturated heterocycles. The summed E-state index contributed by atoms with van der Waals surface area (Å²) in [5.74, 6) is 0.141. The highest BCUT2D eigenvalue weighted by atomic mass is 79.9. The summed E-state index contributed by atoms with van der Waals surface area (Å²) in [7, 11) is 0. The third kappa shape index (κ3) is 2.51. The number of anilines is 1. The smallest absolute Gasteiger partial charge is 0.256 e. The minimum atomic E-state index is -0.231. The van der Waals surface area contributed by atoms with Gasteiger partial charge < -0.3 is 9.64 Å². The van der Waals surface area contributed by atoms with Gasteiger partial charge in [-0.3, -0.25) is 4.79 Å². The first kappa shape index (κ1) is 14.1. The monoisotopic (exact) mass is 337 g/mol. The minimum absolute atomic E-state index is 0.141. The summed E-state index contributed by atoms with van der Waals surface area (Å²) in [6, 6.07) is 6.72. The lowest BCUT2D eigenvalue weighted by atomic mass is 10.1. The predicted octanol–water partition coefficient (Wildman–Crippen LogP) is 3.08. The van der Waals surface area contributed by atoms with Gasteiger partial charge >= 0.3 is 0 Å². The number of alkyl halides is 1. The summed E-state index contributed by atoms with van der Waals surface area (Å²) in [5.41, 5.74) is 3.71. The zero-order valence-electron chi connectivity index (χ0n) is 11.8. The highest BCUT2D eigenvalue weighted by Crippen LogP contribution is 2.34. The molecule has 2 heterocycles. The Morgan fingerprint density at radius 3 is 3.05 bits per heavy atom. The highest BCUT2D eigenvalue weighted by Gasteiger charge is 2.36. The fraction of sp³-hybridized carbons (Fsp3) is 0.562. The van der Waals surface area contributed by atoms with Crippen LogP contribution in [0.4, 0.5) is 5.69 Å². The predicted molar refractivity (Wildman–Crippen MR) is 83.6 cm³/mol. The van der Waals surface area contributed by atoms with Crippen LogP contribution in [0.5, 0.6) is 0 Å². The van der Waals surface area contributed by atoms with E-state index in [1.54, 1.807) is 0 Å². The number of amides is 1. The maximum atomic E-state index is 12.6. The standard InChI is InChI=1S/C16H20BrNO2/c1-11-9-13-10-12(6-7-17)4-5-14(13)18(11)16(19)15-3-2-8-20-15/h4-5,10-11,15H,2-3,6-9H2,1H3. The van der Waals surface area contributed by atoms with E-state index in [0.29, 0.717) is 0 Å². The Morgan fingerprint density at radius 2 is 2.35 bits per heavy atom. The van der Waals surface area contributed by atoms with Crippen LogP contribution < -0.4 is 4.90 Å². The normalized spacial score (nSPS) is 25.0. The largest absolute Gasteiger partial charge is 0.368 e. The van der Waals surface area contributed by atoms with E-state index >= 15 is 0 Å². The number of nitrogens with zero attached hydrogens (tertiary/aromatic N) is 1. The van der Waals surface area contributed by atoms with E-state index in [9.17, 15) is 4.79 Å². The fourth-order valence-corrected chi connectivity index (χ4v) is 3.67. The molecule has 3 nitrogen and oxygen atoms in total. The number of halogens is 1. The van der Waals surface area contributed by atoms with Crippen molar-refractivity contribution >= 4 is 27.5 Å². The number of hydrogen-bond acceptors (Lipinski definition) is 2. The van der Waals surface area contributed by atoms with Crippen molar-refractivity contribution in [3.8, 4) is 0 Å². The second kappa shape index (κ2) is 5.86. The van der Waals surface area contributed by atoms with Gasteiger partial charge in [0.05, 0.1) is 0 Å². The molecule has 0 aromatic heterocycles. The average molecular weight is 338 g/mol. The molecule has 0 N–H and O–H groups in total. The van der Waals surface area contributed by atoms with Gasteiger partial charge in [-0.05, 0) is 49.8 Å². The van der Waals surface area contributed by atoms with Gasteiger partial charge in [-0.2, -0.15) is 0 Å². The van der Waals surface area contributed by atoms with Gasteiger partial charge in [0.25, 0.3) is 5.91 Å². The molecule has 1 aromatic rings. The van der Waals surface area contributed by atoms with Crippen molar-refractivity contribution in [1.29, 1.82) is 0 Å². The van der Waals surface area contributed by atoms with Gasteiger partial charge in [-0.25, -0.2) is 0 Å². The van der Waals surface area contributed by atoms with Crippen molar-refractivity contribution in [2.24, 2.45) is 0 Å². The lowest BCUT2D eigenvalue weighted by Crippen LogP contribution is -2.42. The van der Waals surface area contributed by atoms with E-state index in [-0.39, 0.29) is 18.1 Å². The van der Waals surface area contributed by atoms with Gasteiger partial charge in [0.2, 0.25) is 0 Å². The zero-order chi connectivity index (χ0) is 14.1. The van der Waals surface area contributed by atoms with E-state index in [1.165, 1.54) is 11.1 Å². The number of fused-ring (bicyclic) bond motifs is 1. The summed E-state index contributed by atoms with van der Waals surface area (Å²) in [4.78, 5) is 14.6. The Bertz CT molecular complexity index is 511. The van der Waals surface area contributed by atoms with Crippen LogP contribution in [-0.4, -0.2) is 30.0 Å². The second-order valence-electron chi connectivity index (χ2n) is 5.67. The van der Waals surface area contributed by atoms with E-state index in [1.807, 2.05) is 4.90 Å². The third-order valence-electron chi connectivity index (χ3n) is 4.19. The number of rotatable bonds is 3. The van der Waals surface area contributed by atoms with Crippen LogP contribution in [0.2, 0.25) is 0 Å². The molecule has 1 aromatic carbocycles. The maximum Gasteiger partial charge on any atom is 0.256 e. The molecule has 2 aliphatic rings. The Hall–Kier alpha value is -0.870. The summed E-state index contributed by atoms with van der Waals surface area (Å²) in [6.07, 6.45) is 3.60. The molecule has 0 radical (unpaired) electrons. The molecule has 0 bridgehead atoms. The van der Waals surface area contributed by atoms with E-state index in [4.69, 9.17) is 4.74 Å². The summed E-state index contributed by atoms with van der Waals surface area (Å²) < 4.78 is 5.56. The van der Waals surface area contributed by atoms with E-state index < -0.39 is 0 Å². The fourth-order valence-electron chi connectivity index (χ4n) is 3.21. The summed E-state index contributed by atoms with van der Waals surface area (Å²) in [6.45, 7) is 2.84. The molecule has 1 fully saturated rings. The average Bonchev–Trinajstić information content (AvgIpc) is 3.04. The van der Waals surface area contributed by atoms with E-state index in [0.717, 1.165) is 43.3 Å². The molecule has 0 spiro atoms. The van der Waals surface area contributed by atoms with Crippen LogP contribution in [0.3, 0.4) is 0 Å². The quantitative estimate of drug-likeness (QED) is 0.793. The van der Waals surface area contributed by atoms with Crippen LogP contribution in [0.15, 0.2) is 18.2 Å². The van der Waals surface area contributed by atoms with Crippen molar-refractivity contribution in [1.82, 2.24) is 0 Å². The molecule has 2 unspecified atom stereocenters. The molecule has 108 valence electrons. The van der Waals surface area contributed by atoms with Crippen molar-refractivity contribution in [3.63, 3.8) is 0 Å². The van der Waals surface area contributed by atoms with Crippen molar-refractivity contribution in [3.05, 3.63) is 29.3 Å². The molecule has 20 heavy (non-hydrogen) atoms. The Labute approximate surface area is 128 Å². The van der Waals surface area contributed by atoms with Gasteiger partial charge in [0, 0.05) is 23.7 Å². The van der Waals surface area contributed by atoms with Crippen molar-refractivity contribution in [2.75, 3.05) is 16.8 Å². The molecule has 0 saturated carbocycles. The number of hydrogen-bond donors (Lipinski definition) is 0. The number of ether oxygens (including phenoxy) is 1. The number of benzene rings is 1. The zero-order valence-corrected chi connectivity index (χ0v) is 13.4. The highest BCUT2D eigenvalue weighted by molar-refractivity contribution is 9.09. The Balaban J connectivity index is 1.85. The molecular formula is C16H20BrNO2. The third-order valence-corrected chi connectivity index (χ3v) is 4.58. The molecular weight excluding hydrogens is 318 g/mol. The Morgan fingerprint density at radius 1 is 1.50 bits per heavy atom. The molecule has 4 heteroatoms. The molecule has 2 aliphatic heterocycles. The number of aryl methyl sites for hydroxylation is 1. The first-order chi connectivity index (χ1) is 9.70. The topological polar surface area (TPSA) is 29.5 Å². The van der Waals surface area contributed by atoms with Crippen molar-refractivity contribution in [2.45, 2.75) is 44.8 Å². The minimum Gasteiger partial charge on any atom is -0.368 e. The second-order valence-corrected chi connectivity index (χ2v) is 6.46. The summed E-state index contributed by atoms with van der Waals surface area (Å²) >= 11 is 3.48. The van der Waals surface area contributed by atoms with Crippen LogP contribution in [-0.2, 0) is 22.4 Å². The van der Waals surface area contributed by atoms with Gasteiger partial charge in [-0.15, -0.1) is 0 Å².